The molecule has 0 atom stereocenters. The minimum atomic E-state index is -0.517. The number of nitrogens with one attached hydrogen (secondary N) is 2. The van der Waals surface area contributed by atoms with E-state index in [2.05, 4.69) is 10.6 Å². The topological polar surface area (TPSA) is 119 Å². The van der Waals surface area contributed by atoms with Crippen LogP contribution in [-0.4, -0.2) is 22.1 Å². The van der Waals surface area contributed by atoms with Crippen LogP contribution in [0.1, 0.15) is 0 Å². The maximum atomic E-state index is 11.8. The zero-order chi connectivity index (χ0) is 17.8. The number of aromatic nitrogens is 1. The SMILES string of the molecule is O=C(NCCn1c(=O)oc2ccccc21)Nc1ccc([N+](=O)[O-])cc1. The standard InChI is InChI=1S/C16H14N4O5/c21-15(18-11-5-7-12(8-6-11)20(23)24)17-9-10-19-13-3-1-2-4-14(13)25-16(19)22/h1-8H,9-10H2,(H2,17,18,21). The van der Waals surface area contributed by atoms with Crippen LogP contribution in [0.15, 0.2) is 57.7 Å². The Morgan fingerprint density at radius 3 is 2.60 bits per heavy atom. The van der Waals surface area contributed by atoms with Crippen molar-refractivity contribution < 1.29 is 14.1 Å². The van der Waals surface area contributed by atoms with Crippen molar-refractivity contribution in [2.45, 2.75) is 6.54 Å². The van der Waals surface area contributed by atoms with Crippen LogP contribution in [-0.2, 0) is 6.54 Å². The lowest BCUT2D eigenvalue weighted by Gasteiger charge is -2.07. The number of carbonyl (C=O) groups is 1. The smallest absolute Gasteiger partial charge is 0.408 e. The molecule has 0 fully saturated rings. The Morgan fingerprint density at radius 1 is 1.16 bits per heavy atom. The molecule has 9 heteroatoms. The summed E-state index contributed by atoms with van der Waals surface area (Å²) in [5.41, 5.74) is 1.51. The van der Waals surface area contributed by atoms with Crippen LogP contribution < -0.4 is 16.4 Å². The summed E-state index contributed by atoms with van der Waals surface area (Å²) in [7, 11) is 0. The number of hydrogen-bond acceptors (Lipinski definition) is 5. The third kappa shape index (κ3) is 3.66. The highest BCUT2D eigenvalue weighted by Crippen LogP contribution is 2.15. The number of para-hydroxylation sites is 2. The molecule has 0 bridgehead atoms. The van der Waals surface area contributed by atoms with Gasteiger partial charge in [-0.3, -0.25) is 14.7 Å². The van der Waals surface area contributed by atoms with E-state index in [1.807, 2.05) is 0 Å². The summed E-state index contributed by atoms with van der Waals surface area (Å²) >= 11 is 0. The van der Waals surface area contributed by atoms with Crippen LogP contribution in [0.5, 0.6) is 0 Å². The van der Waals surface area contributed by atoms with Crippen LogP contribution in [0.2, 0.25) is 0 Å². The number of hydrogen-bond donors (Lipinski definition) is 2. The second-order valence-electron chi connectivity index (χ2n) is 5.17. The van der Waals surface area contributed by atoms with Crippen molar-refractivity contribution >= 4 is 28.5 Å². The van der Waals surface area contributed by atoms with Gasteiger partial charge in [-0.15, -0.1) is 0 Å². The Kier molecular flexibility index (Phi) is 4.46. The molecule has 0 aliphatic carbocycles. The Bertz CT molecular complexity index is 974. The second-order valence-corrected chi connectivity index (χ2v) is 5.17. The van der Waals surface area contributed by atoms with E-state index in [0.29, 0.717) is 16.8 Å². The zero-order valence-corrected chi connectivity index (χ0v) is 13.0. The summed E-state index contributed by atoms with van der Waals surface area (Å²) in [4.78, 5) is 33.7. The summed E-state index contributed by atoms with van der Waals surface area (Å²) in [6.45, 7) is 0.464. The Balaban J connectivity index is 1.56. The van der Waals surface area contributed by atoms with Gasteiger partial charge in [0, 0.05) is 30.9 Å². The molecule has 128 valence electrons. The first-order chi connectivity index (χ1) is 12.0. The van der Waals surface area contributed by atoms with Gasteiger partial charge >= 0.3 is 11.8 Å². The minimum Gasteiger partial charge on any atom is -0.408 e. The van der Waals surface area contributed by atoms with Crippen molar-refractivity contribution in [1.29, 1.82) is 0 Å². The maximum absolute atomic E-state index is 11.8. The van der Waals surface area contributed by atoms with Crippen LogP contribution in [0.4, 0.5) is 16.2 Å². The Hall–Kier alpha value is -3.62. The molecule has 1 aromatic heterocycles. The Labute approximate surface area is 141 Å². The summed E-state index contributed by atoms with van der Waals surface area (Å²) in [6.07, 6.45) is 0. The normalized spacial score (nSPS) is 10.6. The van der Waals surface area contributed by atoms with E-state index in [-0.39, 0.29) is 18.8 Å². The third-order valence-electron chi connectivity index (χ3n) is 3.53. The molecule has 2 amide bonds. The number of benzene rings is 2. The van der Waals surface area contributed by atoms with E-state index in [1.54, 1.807) is 24.3 Å². The first-order valence-electron chi connectivity index (χ1n) is 7.42. The molecule has 2 aromatic carbocycles. The lowest BCUT2D eigenvalue weighted by molar-refractivity contribution is -0.384. The van der Waals surface area contributed by atoms with Gasteiger partial charge in [-0.25, -0.2) is 9.59 Å². The fourth-order valence-electron chi connectivity index (χ4n) is 2.35. The van der Waals surface area contributed by atoms with Crippen molar-refractivity contribution in [1.82, 2.24) is 9.88 Å². The number of nitro benzene ring substituents is 1. The number of oxazole rings is 1. The molecule has 3 aromatic rings. The zero-order valence-electron chi connectivity index (χ0n) is 13.0. The second kappa shape index (κ2) is 6.87. The minimum absolute atomic E-state index is 0.0582. The maximum Gasteiger partial charge on any atom is 0.420 e. The average Bonchev–Trinajstić information content (AvgIpc) is 2.91. The van der Waals surface area contributed by atoms with E-state index in [1.165, 1.54) is 28.8 Å². The lowest BCUT2D eigenvalue weighted by atomic mass is 10.3. The van der Waals surface area contributed by atoms with E-state index >= 15 is 0 Å². The molecule has 3 rings (SSSR count). The predicted octanol–water partition coefficient (Wildman–Crippen LogP) is 2.32. The molecule has 0 spiro atoms. The van der Waals surface area contributed by atoms with Crippen molar-refractivity contribution in [2.24, 2.45) is 0 Å². The van der Waals surface area contributed by atoms with Crippen LogP contribution >= 0.6 is 0 Å². The molecule has 0 aliphatic rings. The molecule has 9 nitrogen and oxygen atoms in total. The van der Waals surface area contributed by atoms with Gasteiger partial charge in [-0.1, -0.05) is 12.1 Å². The molecule has 2 N–H and O–H groups in total. The number of amides is 2. The number of nitrogens with zero attached hydrogens (tertiary/aromatic N) is 2. The molecule has 25 heavy (non-hydrogen) atoms. The highest BCUT2D eigenvalue weighted by atomic mass is 16.6. The molecule has 0 aliphatic heterocycles. The van der Waals surface area contributed by atoms with E-state index in [4.69, 9.17) is 4.42 Å². The third-order valence-corrected chi connectivity index (χ3v) is 3.53. The van der Waals surface area contributed by atoms with Gasteiger partial charge in [0.05, 0.1) is 10.4 Å². The van der Waals surface area contributed by atoms with E-state index in [9.17, 15) is 19.7 Å². The summed E-state index contributed by atoms with van der Waals surface area (Å²) in [5.74, 6) is -0.487. The number of anilines is 1. The fraction of sp³-hybridized carbons (Fsp3) is 0.125. The number of fused-ring (bicyclic) bond motifs is 1. The van der Waals surface area contributed by atoms with Crippen molar-refractivity contribution in [3.8, 4) is 0 Å². The van der Waals surface area contributed by atoms with Crippen molar-refractivity contribution in [3.05, 3.63) is 69.2 Å². The lowest BCUT2D eigenvalue weighted by Crippen LogP contribution is -2.32. The first kappa shape index (κ1) is 16.2. The van der Waals surface area contributed by atoms with E-state index in [0.717, 1.165) is 0 Å². The largest absolute Gasteiger partial charge is 0.420 e. The quantitative estimate of drug-likeness (QED) is 0.545. The van der Waals surface area contributed by atoms with Crippen molar-refractivity contribution in [2.75, 3.05) is 11.9 Å². The molecular formula is C16H14N4O5. The summed E-state index contributed by atoms with van der Waals surface area (Å²) < 4.78 is 6.54. The fourth-order valence-corrected chi connectivity index (χ4v) is 2.35. The van der Waals surface area contributed by atoms with Gasteiger partial charge in [0.15, 0.2) is 5.58 Å². The molecule has 0 saturated carbocycles. The summed E-state index contributed by atoms with van der Waals surface area (Å²) in [6, 6.07) is 12.0. The monoisotopic (exact) mass is 342 g/mol. The van der Waals surface area contributed by atoms with Gasteiger partial charge in [0.25, 0.3) is 5.69 Å². The average molecular weight is 342 g/mol. The van der Waals surface area contributed by atoms with Gasteiger partial charge in [0.2, 0.25) is 0 Å². The van der Waals surface area contributed by atoms with Crippen LogP contribution in [0.25, 0.3) is 11.1 Å². The number of non-ortho nitro benzene ring substituents is 1. The first-order valence-corrected chi connectivity index (χ1v) is 7.42. The van der Waals surface area contributed by atoms with Gasteiger partial charge in [-0.05, 0) is 24.3 Å². The van der Waals surface area contributed by atoms with Crippen molar-refractivity contribution in [3.63, 3.8) is 0 Å². The van der Waals surface area contributed by atoms with Crippen LogP contribution in [0, 0.1) is 10.1 Å². The summed E-state index contributed by atoms with van der Waals surface area (Å²) in [5, 5.41) is 15.7. The highest BCUT2D eigenvalue weighted by molar-refractivity contribution is 5.89. The molecule has 0 radical (unpaired) electrons. The van der Waals surface area contributed by atoms with Gasteiger partial charge in [-0.2, -0.15) is 0 Å². The number of nitro groups is 1. The highest BCUT2D eigenvalue weighted by Gasteiger charge is 2.09. The number of carbonyl (C=O) groups excluding carboxylic acids is 1. The molecule has 1 heterocycles. The van der Waals surface area contributed by atoms with Crippen LogP contribution in [0.3, 0.4) is 0 Å². The number of rotatable bonds is 5. The number of urea groups is 1. The molecule has 0 unspecified atom stereocenters. The van der Waals surface area contributed by atoms with Gasteiger partial charge < -0.3 is 15.1 Å². The Morgan fingerprint density at radius 2 is 1.88 bits per heavy atom. The molecule has 0 saturated heterocycles. The molecular weight excluding hydrogens is 328 g/mol. The predicted molar refractivity (Wildman–Crippen MR) is 90.6 cm³/mol. The van der Waals surface area contributed by atoms with E-state index < -0.39 is 16.7 Å². The van der Waals surface area contributed by atoms with Gasteiger partial charge in [0.1, 0.15) is 0 Å².